The number of nitrogens with zero attached hydrogens (tertiary/aromatic N) is 4. The number of imide groups is 2. The van der Waals surface area contributed by atoms with E-state index in [-0.39, 0.29) is 12.8 Å². The van der Waals surface area contributed by atoms with Crippen LogP contribution in [0.5, 0.6) is 0 Å². The van der Waals surface area contributed by atoms with Gasteiger partial charge >= 0.3 is 0 Å². The molecule has 2 heterocycles. The van der Waals surface area contributed by atoms with Gasteiger partial charge in [0.15, 0.2) is 0 Å². The predicted molar refractivity (Wildman–Crippen MR) is 216 cm³/mol. The zero-order valence-corrected chi connectivity index (χ0v) is 32.2. The van der Waals surface area contributed by atoms with Gasteiger partial charge in [0.05, 0.1) is 35.6 Å². The molecule has 0 aliphatic heterocycles. The molecule has 2 aromatic carbocycles. The minimum atomic E-state index is -1.92. The van der Waals surface area contributed by atoms with Crippen LogP contribution in [0.25, 0.3) is 12.2 Å². The van der Waals surface area contributed by atoms with Crippen molar-refractivity contribution in [2.45, 2.75) is 76.9 Å². The summed E-state index contributed by atoms with van der Waals surface area (Å²) in [5, 5.41) is 24.9. The standard InChI is InChI=1S/C44H52N6O6/c1-29(2)39(45)43(55)49(37(51)23-21-33-19-11-13-25-47-33)35(27-31-15-7-5-8-16-31)41(53)42(54)36(28-32-17-9-6-10-18-32)50(44(56)40(46)30(3)4)38(52)24-22-34-20-12-14-26-48-34/h5-26,29-30,35-36,39-42,53-54H,27-28,45-46H2,1-4H3/t35-,36-,39-,40-,41+,42+/m0/s1. The highest BCUT2D eigenvalue weighted by Gasteiger charge is 2.45. The number of nitrogens with two attached hydrogens (primary N) is 2. The van der Waals surface area contributed by atoms with Crippen LogP contribution in [0.2, 0.25) is 0 Å². The van der Waals surface area contributed by atoms with Gasteiger partial charge in [-0.15, -0.1) is 0 Å². The van der Waals surface area contributed by atoms with Crippen LogP contribution in [0, 0.1) is 11.8 Å². The predicted octanol–water partition coefficient (Wildman–Crippen LogP) is 3.82. The van der Waals surface area contributed by atoms with E-state index in [9.17, 15) is 29.4 Å². The second-order valence-electron chi connectivity index (χ2n) is 14.3. The molecule has 4 aromatic rings. The molecule has 0 aliphatic rings. The molecule has 4 rings (SSSR count). The van der Waals surface area contributed by atoms with Gasteiger partial charge in [-0.25, -0.2) is 0 Å². The van der Waals surface area contributed by atoms with Crippen LogP contribution in [0.3, 0.4) is 0 Å². The third-order valence-corrected chi connectivity index (χ3v) is 9.50. The number of benzene rings is 2. The van der Waals surface area contributed by atoms with Crippen LogP contribution in [0.4, 0.5) is 0 Å². The Morgan fingerprint density at radius 1 is 0.571 bits per heavy atom. The number of rotatable bonds is 17. The van der Waals surface area contributed by atoms with Crippen molar-refractivity contribution in [2.75, 3.05) is 0 Å². The van der Waals surface area contributed by atoms with E-state index in [1.807, 2.05) is 0 Å². The van der Waals surface area contributed by atoms with Gasteiger partial charge in [-0.1, -0.05) is 100 Å². The summed E-state index contributed by atoms with van der Waals surface area (Å²) in [5.41, 5.74) is 14.9. The van der Waals surface area contributed by atoms with Crippen molar-refractivity contribution in [1.82, 2.24) is 19.8 Å². The fourth-order valence-corrected chi connectivity index (χ4v) is 6.08. The average molecular weight is 761 g/mol. The summed E-state index contributed by atoms with van der Waals surface area (Å²) in [5.74, 6) is -4.01. The molecule has 2 aromatic heterocycles. The van der Waals surface area contributed by atoms with Crippen LogP contribution in [-0.2, 0) is 32.0 Å². The SMILES string of the molecule is CC(C)[C@H](N)C(=O)N(C(=O)C=Cc1ccccn1)[C@@H](Cc1ccccc1)[C@@H](O)[C@H](O)[C@H](Cc1ccccc1)N(C(=O)C=Cc1ccccn1)C(=O)[C@@H](N)C(C)C. The van der Waals surface area contributed by atoms with E-state index in [2.05, 4.69) is 9.97 Å². The van der Waals surface area contributed by atoms with E-state index in [1.165, 1.54) is 12.2 Å². The van der Waals surface area contributed by atoms with Gasteiger partial charge in [0.2, 0.25) is 11.8 Å². The molecular weight excluding hydrogens is 709 g/mol. The second-order valence-corrected chi connectivity index (χ2v) is 14.3. The van der Waals surface area contributed by atoms with Crippen molar-refractivity contribution in [3.05, 3.63) is 144 Å². The minimum absolute atomic E-state index is 0.107. The third-order valence-electron chi connectivity index (χ3n) is 9.50. The number of carbonyl (C=O) groups is 4. The first-order chi connectivity index (χ1) is 26.8. The van der Waals surface area contributed by atoms with Crippen molar-refractivity contribution in [3.63, 3.8) is 0 Å². The summed E-state index contributed by atoms with van der Waals surface area (Å²) in [6, 6.07) is 22.8. The molecule has 56 heavy (non-hydrogen) atoms. The highest BCUT2D eigenvalue weighted by molar-refractivity contribution is 6.05. The van der Waals surface area contributed by atoms with Crippen molar-refractivity contribution in [3.8, 4) is 0 Å². The molecule has 6 atom stereocenters. The van der Waals surface area contributed by atoms with Crippen LogP contribution in [0.1, 0.15) is 50.2 Å². The summed E-state index contributed by atoms with van der Waals surface area (Å²) in [6.45, 7) is 6.92. The van der Waals surface area contributed by atoms with E-state index in [1.54, 1.807) is 137 Å². The first kappa shape index (κ1) is 43.1. The molecule has 12 nitrogen and oxygen atoms in total. The van der Waals surface area contributed by atoms with Gasteiger partial charge in [-0.05, 0) is 72.2 Å². The summed E-state index contributed by atoms with van der Waals surface area (Å²) in [7, 11) is 0. The third kappa shape index (κ3) is 11.7. The fourth-order valence-electron chi connectivity index (χ4n) is 6.08. The number of aromatic nitrogens is 2. The molecule has 12 heteroatoms. The highest BCUT2D eigenvalue weighted by Crippen LogP contribution is 2.25. The molecule has 4 amide bonds. The maximum atomic E-state index is 14.3. The minimum Gasteiger partial charge on any atom is -0.388 e. The molecule has 0 spiro atoms. The lowest BCUT2D eigenvalue weighted by atomic mass is 9.88. The molecule has 0 bridgehead atoms. The Balaban J connectivity index is 1.89. The van der Waals surface area contributed by atoms with Gasteiger partial charge in [-0.3, -0.25) is 38.9 Å². The molecule has 0 radical (unpaired) electrons. The molecule has 0 aliphatic carbocycles. The lowest BCUT2D eigenvalue weighted by Crippen LogP contribution is -2.64. The van der Waals surface area contributed by atoms with Crippen LogP contribution >= 0.6 is 0 Å². The number of aliphatic hydroxyl groups excluding tert-OH is 2. The quantitative estimate of drug-likeness (QED) is 0.115. The van der Waals surface area contributed by atoms with E-state index < -0.39 is 71.8 Å². The molecule has 0 saturated heterocycles. The number of carbonyl (C=O) groups excluding carboxylic acids is 4. The maximum absolute atomic E-state index is 14.3. The van der Waals surface area contributed by atoms with Crippen molar-refractivity contribution >= 4 is 35.8 Å². The highest BCUT2D eigenvalue weighted by atomic mass is 16.3. The number of amides is 4. The average Bonchev–Trinajstić information content (AvgIpc) is 3.21. The first-order valence-electron chi connectivity index (χ1n) is 18.7. The summed E-state index contributed by atoms with van der Waals surface area (Å²) in [6.07, 6.45) is 4.25. The van der Waals surface area contributed by atoms with Crippen LogP contribution in [-0.4, -0.2) is 90.0 Å². The summed E-state index contributed by atoms with van der Waals surface area (Å²) < 4.78 is 0. The van der Waals surface area contributed by atoms with Gasteiger partial charge in [0.25, 0.3) is 11.8 Å². The lowest BCUT2D eigenvalue weighted by Gasteiger charge is -2.41. The number of pyridine rings is 2. The van der Waals surface area contributed by atoms with Gasteiger partial charge < -0.3 is 21.7 Å². The Labute approximate surface area is 328 Å². The molecule has 6 N–H and O–H groups in total. The fraction of sp³-hybridized carbons (Fsp3) is 0.318. The number of aliphatic hydroxyl groups is 2. The summed E-state index contributed by atoms with van der Waals surface area (Å²) in [4.78, 5) is 67.2. The summed E-state index contributed by atoms with van der Waals surface area (Å²) >= 11 is 0. The molecule has 294 valence electrons. The van der Waals surface area contributed by atoms with Crippen LogP contribution < -0.4 is 11.5 Å². The topological polar surface area (TPSA) is 193 Å². The normalized spacial score (nSPS) is 15.0. The zero-order chi connectivity index (χ0) is 40.8. The van der Waals surface area contributed by atoms with E-state index in [4.69, 9.17) is 11.5 Å². The van der Waals surface area contributed by atoms with E-state index in [0.717, 1.165) is 22.0 Å². The molecule has 0 fully saturated rings. The second kappa shape index (κ2) is 20.9. The largest absolute Gasteiger partial charge is 0.388 e. The molecule has 0 unspecified atom stereocenters. The lowest BCUT2D eigenvalue weighted by molar-refractivity contribution is -0.159. The smallest absolute Gasteiger partial charge is 0.253 e. The molecule has 0 saturated carbocycles. The Kier molecular flexibility index (Phi) is 16.0. The van der Waals surface area contributed by atoms with Gasteiger partial charge in [0, 0.05) is 24.5 Å². The Hall–Kier alpha value is -5.66. The maximum Gasteiger partial charge on any atom is 0.253 e. The van der Waals surface area contributed by atoms with Crippen LogP contribution in [0.15, 0.2) is 122 Å². The Bertz CT molecular complexity index is 1780. The Morgan fingerprint density at radius 2 is 0.911 bits per heavy atom. The van der Waals surface area contributed by atoms with Crippen molar-refractivity contribution in [2.24, 2.45) is 23.3 Å². The monoisotopic (exact) mass is 760 g/mol. The number of hydrogen-bond acceptors (Lipinski definition) is 10. The van der Waals surface area contributed by atoms with E-state index in [0.29, 0.717) is 22.5 Å². The first-order valence-corrected chi connectivity index (χ1v) is 18.7. The van der Waals surface area contributed by atoms with Gasteiger partial charge in [-0.2, -0.15) is 0 Å². The zero-order valence-electron chi connectivity index (χ0n) is 32.2. The van der Waals surface area contributed by atoms with Crippen molar-refractivity contribution in [1.29, 1.82) is 0 Å². The van der Waals surface area contributed by atoms with E-state index >= 15 is 0 Å². The Morgan fingerprint density at radius 3 is 1.21 bits per heavy atom. The molecular formula is C44H52N6O6. The number of hydrogen-bond donors (Lipinski definition) is 4. The van der Waals surface area contributed by atoms with Gasteiger partial charge in [0.1, 0.15) is 12.2 Å². The van der Waals surface area contributed by atoms with Crippen molar-refractivity contribution < 1.29 is 29.4 Å².